The lowest BCUT2D eigenvalue weighted by Gasteiger charge is -2.13. The second kappa shape index (κ2) is 22.8. The van der Waals surface area contributed by atoms with E-state index in [0.29, 0.717) is 72.5 Å². The Kier molecular flexibility index (Phi) is 17.1. The molecule has 0 atom stereocenters. The van der Waals surface area contributed by atoms with E-state index < -0.39 is 23.9 Å². The molecule has 0 unspecified atom stereocenters. The first-order chi connectivity index (χ1) is 26.3. The number of esters is 4. The Balaban J connectivity index is 1.25. The van der Waals surface area contributed by atoms with Crippen molar-refractivity contribution < 1.29 is 52.0 Å². The van der Waals surface area contributed by atoms with Crippen LogP contribution in [0, 0.1) is 0 Å². The molecular weight excluding hydrogens is 692 g/mol. The molecule has 0 bridgehead atoms. The number of carbonyl (C=O) groups excluding carboxylic acids is 4. The maximum atomic E-state index is 13.1. The summed E-state index contributed by atoms with van der Waals surface area (Å²) in [6.45, 7) is 8.53. The molecule has 0 amide bonds. The molecule has 0 aliphatic carbocycles. The summed E-state index contributed by atoms with van der Waals surface area (Å²) in [6.07, 6.45) is 11.1. The number of ether oxygens (including phenoxy) is 6. The Morgan fingerprint density at radius 1 is 0.556 bits per heavy atom. The summed E-state index contributed by atoms with van der Waals surface area (Å²) in [4.78, 5) is 48.3. The van der Waals surface area contributed by atoms with Crippen molar-refractivity contribution in [1.29, 1.82) is 0 Å². The van der Waals surface area contributed by atoms with E-state index in [9.17, 15) is 19.2 Å². The topological polar surface area (TPSA) is 137 Å². The number of rotatable bonds is 24. The molecule has 0 N–H and O–H groups in total. The Morgan fingerprint density at radius 2 is 1.04 bits per heavy atom. The number of carbonyl (C=O) groups is 4. The number of benzene rings is 3. The highest BCUT2D eigenvalue weighted by Gasteiger charge is 2.17. The summed E-state index contributed by atoms with van der Waals surface area (Å²) in [5.41, 5.74) is 1.27. The van der Waals surface area contributed by atoms with E-state index in [4.69, 9.17) is 32.8 Å². The third-order valence-electron chi connectivity index (χ3n) is 8.01. The largest absolute Gasteiger partial charge is 0.494 e. The lowest BCUT2D eigenvalue weighted by Crippen LogP contribution is -2.11. The van der Waals surface area contributed by atoms with Crippen molar-refractivity contribution in [2.45, 2.75) is 57.8 Å². The molecule has 0 aliphatic heterocycles. The van der Waals surface area contributed by atoms with Crippen molar-refractivity contribution in [2.75, 3.05) is 26.4 Å². The Bertz CT molecular complexity index is 1790. The third-order valence-corrected chi connectivity index (χ3v) is 8.01. The molecule has 4 aromatic rings. The zero-order chi connectivity index (χ0) is 38.4. The summed E-state index contributed by atoms with van der Waals surface area (Å²) in [6, 6.07) is 21.8. The Morgan fingerprint density at radius 3 is 1.52 bits per heavy atom. The highest BCUT2D eigenvalue weighted by Crippen LogP contribution is 2.29. The van der Waals surface area contributed by atoms with Gasteiger partial charge in [-0.2, -0.15) is 0 Å². The SMILES string of the molecule is C=CC(=O)OCCCCCCOc1ccc(C(=O)Oc2ccc(OC(=O)c3ccc(OCCCCCCOC(=O)C=C)cc3)c(Cc3ccco3)c2)cc1. The molecule has 54 heavy (non-hydrogen) atoms. The maximum Gasteiger partial charge on any atom is 0.343 e. The van der Waals surface area contributed by atoms with E-state index in [2.05, 4.69) is 13.2 Å². The van der Waals surface area contributed by atoms with Crippen LogP contribution in [-0.2, 0) is 25.5 Å². The van der Waals surface area contributed by atoms with E-state index in [-0.39, 0.29) is 5.75 Å². The van der Waals surface area contributed by atoms with Crippen LogP contribution < -0.4 is 18.9 Å². The fourth-order valence-corrected chi connectivity index (χ4v) is 5.12. The van der Waals surface area contributed by atoms with Crippen LogP contribution >= 0.6 is 0 Å². The molecule has 3 aromatic carbocycles. The van der Waals surface area contributed by atoms with E-state index in [1.165, 1.54) is 0 Å². The number of unbranched alkanes of at least 4 members (excludes halogenated alkanes) is 6. The lowest BCUT2D eigenvalue weighted by molar-refractivity contribution is -0.138. The normalized spacial score (nSPS) is 10.5. The first-order valence-electron chi connectivity index (χ1n) is 18.0. The van der Waals surface area contributed by atoms with Crippen LogP contribution in [0.5, 0.6) is 23.0 Å². The molecule has 11 nitrogen and oxygen atoms in total. The van der Waals surface area contributed by atoms with E-state index in [1.807, 2.05) is 0 Å². The monoisotopic (exact) mass is 738 g/mol. The van der Waals surface area contributed by atoms with E-state index in [1.54, 1.807) is 85.1 Å². The maximum absolute atomic E-state index is 13.1. The molecule has 1 aromatic heterocycles. The molecule has 1 heterocycles. The van der Waals surface area contributed by atoms with Crippen LogP contribution in [0.1, 0.15) is 83.4 Å². The van der Waals surface area contributed by atoms with Crippen molar-refractivity contribution in [3.05, 3.63) is 133 Å². The zero-order valence-electron chi connectivity index (χ0n) is 30.3. The van der Waals surface area contributed by atoms with Gasteiger partial charge in [-0.25, -0.2) is 19.2 Å². The average molecular weight is 739 g/mol. The summed E-state index contributed by atoms with van der Waals surface area (Å²) in [7, 11) is 0. The Labute approximate surface area is 315 Å². The second-order valence-corrected chi connectivity index (χ2v) is 12.1. The van der Waals surface area contributed by atoms with Gasteiger partial charge in [-0.3, -0.25) is 0 Å². The summed E-state index contributed by atoms with van der Waals surface area (Å²) >= 11 is 0. The van der Waals surface area contributed by atoms with Crippen LogP contribution in [0.15, 0.2) is 115 Å². The van der Waals surface area contributed by atoms with Gasteiger partial charge in [0.1, 0.15) is 28.8 Å². The lowest BCUT2D eigenvalue weighted by atomic mass is 10.1. The number of hydrogen-bond donors (Lipinski definition) is 0. The number of hydrogen-bond acceptors (Lipinski definition) is 11. The molecule has 284 valence electrons. The van der Waals surface area contributed by atoms with E-state index >= 15 is 0 Å². The van der Waals surface area contributed by atoms with Gasteiger partial charge >= 0.3 is 23.9 Å². The van der Waals surface area contributed by atoms with Gasteiger partial charge in [0.25, 0.3) is 0 Å². The minimum absolute atomic E-state index is 0.276. The second-order valence-electron chi connectivity index (χ2n) is 12.1. The molecule has 0 fully saturated rings. The van der Waals surface area contributed by atoms with Crippen molar-refractivity contribution in [3.8, 4) is 23.0 Å². The smallest absolute Gasteiger partial charge is 0.343 e. The van der Waals surface area contributed by atoms with Gasteiger partial charge in [-0.1, -0.05) is 13.2 Å². The third kappa shape index (κ3) is 14.5. The molecule has 0 radical (unpaired) electrons. The van der Waals surface area contributed by atoms with Crippen molar-refractivity contribution in [1.82, 2.24) is 0 Å². The molecule has 0 saturated carbocycles. The molecular formula is C43H46O11. The fraction of sp³-hybridized carbons (Fsp3) is 0.302. The predicted octanol–water partition coefficient (Wildman–Crippen LogP) is 8.65. The molecule has 0 saturated heterocycles. The molecule has 11 heteroatoms. The highest BCUT2D eigenvalue weighted by molar-refractivity contribution is 5.92. The van der Waals surface area contributed by atoms with Crippen molar-refractivity contribution >= 4 is 23.9 Å². The van der Waals surface area contributed by atoms with Gasteiger partial charge in [0.15, 0.2) is 0 Å². The predicted molar refractivity (Wildman–Crippen MR) is 201 cm³/mol. The quantitative estimate of drug-likeness (QED) is 0.0296. The highest BCUT2D eigenvalue weighted by atomic mass is 16.5. The first kappa shape index (κ1) is 40.7. The van der Waals surface area contributed by atoms with Gasteiger partial charge in [0.2, 0.25) is 0 Å². The number of furan rings is 1. The van der Waals surface area contributed by atoms with Gasteiger partial charge < -0.3 is 32.8 Å². The summed E-state index contributed by atoms with van der Waals surface area (Å²) in [5.74, 6) is 0.544. The molecule has 0 spiro atoms. The summed E-state index contributed by atoms with van der Waals surface area (Å²) < 4.78 is 38.5. The molecule has 0 aliphatic rings. The fourth-order valence-electron chi connectivity index (χ4n) is 5.12. The van der Waals surface area contributed by atoms with Gasteiger partial charge in [0.05, 0.1) is 43.8 Å². The van der Waals surface area contributed by atoms with Crippen LogP contribution in [0.4, 0.5) is 0 Å². The van der Waals surface area contributed by atoms with Crippen LogP contribution in [0.3, 0.4) is 0 Å². The Hall–Kier alpha value is -6.10. The van der Waals surface area contributed by atoms with E-state index in [0.717, 1.165) is 63.5 Å². The summed E-state index contributed by atoms with van der Waals surface area (Å²) in [5, 5.41) is 0. The van der Waals surface area contributed by atoms with Gasteiger partial charge in [-0.15, -0.1) is 0 Å². The first-order valence-corrected chi connectivity index (χ1v) is 18.0. The van der Waals surface area contributed by atoms with Crippen LogP contribution in [0.2, 0.25) is 0 Å². The standard InChI is InChI=1S/C43H46O11/c1-3-40(44)51-27-11-7-5-9-25-48-35-19-15-32(16-20-35)42(46)53-38-23-24-39(34(31-38)30-37-14-13-29-50-37)54-43(47)33-17-21-36(22-18-33)49-26-10-6-8-12-28-52-41(45)4-2/h3-4,13-24,29,31H,1-2,5-12,25-28,30H2. The molecule has 4 rings (SSSR count). The average Bonchev–Trinajstić information content (AvgIpc) is 3.71. The van der Waals surface area contributed by atoms with Crippen molar-refractivity contribution in [3.63, 3.8) is 0 Å². The minimum atomic E-state index is -0.557. The minimum Gasteiger partial charge on any atom is -0.494 e. The zero-order valence-corrected chi connectivity index (χ0v) is 30.3. The van der Waals surface area contributed by atoms with Gasteiger partial charge in [-0.05, 0) is 130 Å². The van der Waals surface area contributed by atoms with Crippen LogP contribution in [0.25, 0.3) is 0 Å². The van der Waals surface area contributed by atoms with Crippen molar-refractivity contribution in [2.24, 2.45) is 0 Å². The van der Waals surface area contributed by atoms with Crippen LogP contribution in [-0.4, -0.2) is 50.3 Å². The van der Waals surface area contributed by atoms with Gasteiger partial charge in [0, 0.05) is 24.1 Å².